The molecule has 2 amide bonds. The second kappa shape index (κ2) is 7.07. The zero-order chi connectivity index (χ0) is 15.2. The van der Waals surface area contributed by atoms with Gasteiger partial charge in [0.05, 0.1) is 12.4 Å². The molecular formula is C13H20N4O4. The van der Waals surface area contributed by atoms with E-state index in [1.54, 1.807) is 0 Å². The predicted molar refractivity (Wildman–Crippen MR) is 73.6 cm³/mol. The van der Waals surface area contributed by atoms with Gasteiger partial charge in [-0.25, -0.2) is 14.6 Å². The summed E-state index contributed by atoms with van der Waals surface area (Å²) >= 11 is 0. The number of aliphatic hydroxyl groups is 1. The standard InChI is InChI=1S/C13H20N4O4/c18-10-3-1-8(2-4-10)16-13(21)17-11(12(19)20)5-9-6-14-7-15-9/h6-8,10-11,18H,1-5H2,(H,14,15)(H,19,20)(H2,16,17,21). The third kappa shape index (κ3) is 4.75. The first kappa shape index (κ1) is 15.3. The number of carbonyl (C=O) groups is 2. The molecule has 0 radical (unpaired) electrons. The molecule has 1 heterocycles. The van der Waals surface area contributed by atoms with Gasteiger partial charge in [0, 0.05) is 24.4 Å². The van der Waals surface area contributed by atoms with E-state index in [9.17, 15) is 14.7 Å². The SMILES string of the molecule is O=C(NC1CCC(O)CC1)NC(Cc1cnc[nH]1)C(=O)O. The number of H-pyrrole nitrogens is 1. The van der Waals surface area contributed by atoms with Crippen molar-refractivity contribution in [2.75, 3.05) is 0 Å². The van der Waals surface area contributed by atoms with Crippen molar-refractivity contribution < 1.29 is 19.8 Å². The van der Waals surface area contributed by atoms with Crippen molar-refractivity contribution in [3.63, 3.8) is 0 Å². The molecule has 1 fully saturated rings. The van der Waals surface area contributed by atoms with E-state index in [-0.39, 0.29) is 18.6 Å². The van der Waals surface area contributed by atoms with Crippen LogP contribution in [0.1, 0.15) is 31.4 Å². The molecule has 1 unspecified atom stereocenters. The Morgan fingerprint density at radius 2 is 2.10 bits per heavy atom. The lowest BCUT2D eigenvalue weighted by Crippen LogP contribution is -2.50. The topological polar surface area (TPSA) is 127 Å². The highest BCUT2D eigenvalue weighted by molar-refractivity contribution is 5.82. The zero-order valence-corrected chi connectivity index (χ0v) is 11.6. The molecule has 1 aliphatic rings. The molecule has 0 aromatic carbocycles. The van der Waals surface area contributed by atoms with Crippen LogP contribution in [-0.4, -0.2) is 50.4 Å². The lowest BCUT2D eigenvalue weighted by Gasteiger charge is -2.26. The van der Waals surface area contributed by atoms with Crippen molar-refractivity contribution in [1.82, 2.24) is 20.6 Å². The second-order valence-corrected chi connectivity index (χ2v) is 5.30. The number of hydrogen-bond donors (Lipinski definition) is 5. The Morgan fingerprint density at radius 1 is 1.38 bits per heavy atom. The quantitative estimate of drug-likeness (QED) is 0.523. The Labute approximate surface area is 122 Å². The molecule has 5 N–H and O–H groups in total. The first-order valence-corrected chi connectivity index (χ1v) is 6.99. The average Bonchev–Trinajstić information content (AvgIpc) is 2.93. The number of aliphatic hydroxyl groups excluding tert-OH is 1. The lowest BCUT2D eigenvalue weighted by atomic mass is 9.93. The van der Waals surface area contributed by atoms with E-state index in [0.29, 0.717) is 31.4 Å². The molecule has 0 aliphatic heterocycles. The Morgan fingerprint density at radius 3 is 2.67 bits per heavy atom. The summed E-state index contributed by atoms with van der Waals surface area (Å²) < 4.78 is 0. The molecule has 0 spiro atoms. The molecule has 8 nitrogen and oxygen atoms in total. The number of aliphatic carboxylic acids is 1. The van der Waals surface area contributed by atoms with E-state index >= 15 is 0 Å². The van der Waals surface area contributed by atoms with Crippen molar-refractivity contribution in [3.8, 4) is 0 Å². The maximum atomic E-state index is 11.9. The summed E-state index contributed by atoms with van der Waals surface area (Å²) in [6, 6.07) is -1.53. The molecular weight excluding hydrogens is 276 g/mol. The second-order valence-electron chi connectivity index (χ2n) is 5.30. The molecule has 21 heavy (non-hydrogen) atoms. The van der Waals surface area contributed by atoms with Crippen LogP contribution in [0.3, 0.4) is 0 Å². The molecule has 1 aliphatic carbocycles. The fourth-order valence-corrected chi connectivity index (χ4v) is 2.42. The van der Waals surface area contributed by atoms with Crippen LogP contribution in [0.4, 0.5) is 4.79 Å². The predicted octanol–water partition coefficient (Wildman–Crippen LogP) is 0.00810. The number of rotatable bonds is 5. The maximum absolute atomic E-state index is 11.9. The van der Waals surface area contributed by atoms with Crippen LogP contribution < -0.4 is 10.6 Å². The molecule has 1 aromatic rings. The fourth-order valence-electron chi connectivity index (χ4n) is 2.42. The van der Waals surface area contributed by atoms with E-state index < -0.39 is 18.0 Å². The van der Waals surface area contributed by atoms with Gasteiger partial charge >= 0.3 is 12.0 Å². The number of nitrogens with one attached hydrogen (secondary N) is 3. The summed E-state index contributed by atoms with van der Waals surface area (Å²) in [6.07, 6.45) is 5.55. The number of hydrogen-bond acceptors (Lipinski definition) is 4. The molecule has 1 atom stereocenters. The van der Waals surface area contributed by atoms with Crippen molar-refractivity contribution in [2.45, 2.75) is 50.3 Å². The van der Waals surface area contributed by atoms with Gasteiger partial charge in [-0.15, -0.1) is 0 Å². The molecule has 0 bridgehead atoms. The number of carbonyl (C=O) groups excluding carboxylic acids is 1. The van der Waals surface area contributed by atoms with Gasteiger partial charge < -0.3 is 25.8 Å². The first-order chi connectivity index (χ1) is 10.0. The fraction of sp³-hybridized carbons (Fsp3) is 0.615. The summed E-state index contributed by atoms with van der Waals surface area (Å²) in [5.41, 5.74) is 0.642. The molecule has 2 rings (SSSR count). The van der Waals surface area contributed by atoms with Gasteiger partial charge in [-0.05, 0) is 25.7 Å². The van der Waals surface area contributed by atoms with E-state index in [2.05, 4.69) is 20.6 Å². The number of amides is 2. The number of aromatic amines is 1. The molecule has 1 saturated carbocycles. The van der Waals surface area contributed by atoms with Gasteiger partial charge in [0.15, 0.2) is 0 Å². The minimum atomic E-state index is -1.10. The van der Waals surface area contributed by atoms with Crippen LogP contribution in [0, 0.1) is 0 Å². The van der Waals surface area contributed by atoms with Gasteiger partial charge in [-0.3, -0.25) is 0 Å². The normalized spacial score (nSPS) is 23.3. The highest BCUT2D eigenvalue weighted by Gasteiger charge is 2.24. The minimum absolute atomic E-state index is 0.0185. The van der Waals surface area contributed by atoms with Crippen LogP contribution in [0.2, 0.25) is 0 Å². The van der Waals surface area contributed by atoms with Crippen molar-refractivity contribution in [3.05, 3.63) is 18.2 Å². The minimum Gasteiger partial charge on any atom is -0.480 e. The van der Waals surface area contributed by atoms with Crippen LogP contribution in [-0.2, 0) is 11.2 Å². The van der Waals surface area contributed by atoms with Crippen molar-refractivity contribution in [2.24, 2.45) is 0 Å². The van der Waals surface area contributed by atoms with E-state index in [1.807, 2.05) is 0 Å². The highest BCUT2D eigenvalue weighted by atomic mass is 16.4. The van der Waals surface area contributed by atoms with E-state index in [0.717, 1.165) is 0 Å². The maximum Gasteiger partial charge on any atom is 0.326 e. The molecule has 0 saturated heterocycles. The lowest BCUT2D eigenvalue weighted by molar-refractivity contribution is -0.139. The number of carboxylic acids is 1. The number of carboxylic acid groups (broad SMARTS) is 1. The number of imidazole rings is 1. The van der Waals surface area contributed by atoms with Gasteiger partial charge in [0.1, 0.15) is 6.04 Å². The van der Waals surface area contributed by atoms with Crippen LogP contribution in [0.15, 0.2) is 12.5 Å². The van der Waals surface area contributed by atoms with E-state index in [1.165, 1.54) is 12.5 Å². The highest BCUT2D eigenvalue weighted by Crippen LogP contribution is 2.18. The molecule has 1 aromatic heterocycles. The third-order valence-corrected chi connectivity index (χ3v) is 3.61. The van der Waals surface area contributed by atoms with Crippen LogP contribution in [0.5, 0.6) is 0 Å². The van der Waals surface area contributed by atoms with Crippen LogP contribution >= 0.6 is 0 Å². The summed E-state index contributed by atoms with van der Waals surface area (Å²) in [5, 5.41) is 23.8. The van der Waals surface area contributed by atoms with Gasteiger partial charge in [0.25, 0.3) is 0 Å². The van der Waals surface area contributed by atoms with Gasteiger partial charge in [-0.1, -0.05) is 0 Å². The van der Waals surface area contributed by atoms with Crippen molar-refractivity contribution >= 4 is 12.0 Å². The first-order valence-electron chi connectivity index (χ1n) is 6.99. The molecule has 116 valence electrons. The monoisotopic (exact) mass is 296 g/mol. The number of nitrogens with zero attached hydrogens (tertiary/aromatic N) is 1. The average molecular weight is 296 g/mol. The smallest absolute Gasteiger partial charge is 0.326 e. The van der Waals surface area contributed by atoms with Gasteiger partial charge in [-0.2, -0.15) is 0 Å². The Kier molecular flexibility index (Phi) is 5.15. The Bertz CT molecular complexity index is 469. The summed E-state index contributed by atoms with van der Waals surface area (Å²) in [6.45, 7) is 0. The zero-order valence-electron chi connectivity index (χ0n) is 11.6. The summed E-state index contributed by atoms with van der Waals surface area (Å²) in [4.78, 5) is 29.7. The Balaban J connectivity index is 1.82. The number of urea groups is 1. The summed E-state index contributed by atoms with van der Waals surface area (Å²) in [7, 11) is 0. The van der Waals surface area contributed by atoms with E-state index in [4.69, 9.17) is 5.11 Å². The number of aromatic nitrogens is 2. The summed E-state index contributed by atoms with van der Waals surface area (Å²) in [5.74, 6) is -1.10. The largest absolute Gasteiger partial charge is 0.480 e. The van der Waals surface area contributed by atoms with Crippen molar-refractivity contribution in [1.29, 1.82) is 0 Å². The third-order valence-electron chi connectivity index (χ3n) is 3.61. The van der Waals surface area contributed by atoms with Gasteiger partial charge in [0.2, 0.25) is 0 Å². The molecule has 8 heteroatoms. The Hall–Kier alpha value is -2.09. The van der Waals surface area contributed by atoms with Crippen LogP contribution in [0.25, 0.3) is 0 Å².